The Hall–Kier alpha value is -4.94. The van der Waals surface area contributed by atoms with Gasteiger partial charge >= 0.3 is 6.18 Å². The minimum atomic E-state index is -4.62. The zero-order valence-corrected chi connectivity index (χ0v) is 21.4. The number of rotatable bonds is 4. The van der Waals surface area contributed by atoms with Gasteiger partial charge in [-0.2, -0.15) is 18.4 Å². The van der Waals surface area contributed by atoms with Crippen molar-refractivity contribution < 1.29 is 21.6 Å². The summed E-state index contributed by atoms with van der Waals surface area (Å²) in [4.78, 5) is 4.11. The van der Waals surface area contributed by atoms with Gasteiger partial charge in [-0.25, -0.2) is 12.4 Å². The number of benzene rings is 4. The lowest BCUT2D eigenvalue weighted by molar-refractivity contribution is -0.136. The molecule has 0 radical (unpaired) electrons. The van der Waals surface area contributed by atoms with Crippen molar-refractivity contribution in [2.45, 2.75) is 11.1 Å². The number of hydrogen-bond acceptors (Lipinski definition) is 4. The quantitative estimate of drug-likeness (QED) is 0.225. The maximum atomic E-state index is 13.7. The van der Waals surface area contributed by atoms with E-state index in [1.165, 1.54) is 28.2 Å². The van der Waals surface area contributed by atoms with Crippen LogP contribution in [0, 0.1) is 11.3 Å². The Bertz CT molecular complexity index is 2080. The Morgan fingerprint density at radius 3 is 2.23 bits per heavy atom. The highest BCUT2D eigenvalue weighted by atomic mass is 32.2. The minimum Gasteiger partial charge on any atom is -0.254 e. The lowest BCUT2D eigenvalue weighted by atomic mass is 9.93. The maximum absolute atomic E-state index is 13.7. The lowest BCUT2D eigenvalue weighted by Crippen LogP contribution is -2.11. The van der Waals surface area contributed by atoms with Crippen LogP contribution in [0.1, 0.15) is 11.1 Å². The molecule has 0 atom stereocenters. The number of nitrogens with zero attached hydrogens (tertiary/aromatic N) is 3. The van der Waals surface area contributed by atoms with Crippen molar-refractivity contribution >= 4 is 31.8 Å². The predicted molar refractivity (Wildman–Crippen MR) is 147 cm³/mol. The molecule has 2 heterocycles. The number of halogens is 3. The molecule has 4 aromatic carbocycles. The van der Waals surface area contributed by atoms with Crippen molar-refractivity contribution in [2.75, 3.05) is 0 Å². The molecule has 0 aliphatic carbocycles. The summed E-state index contributed by atoms with van der Waals surface area (Å²) >= 11 is 0. The van der Waals surface area contributed by atoms with Crippen molar-refractivity contribution in [3.63, 3.8) is 0 Å². The molecule has 0 saturated heterocycles. The first-order valence-electron chi connectivity index (χ1n) is 12.1. The van der Waals surface area contributed by atoms with E-state index >= 15 is 0 Å². The average molecular weight is 554 g/mol. The third kappa shape index (κ3) is 4.10. The van der Waals surface area contributed by atoms with Crippen LogP contribution in [0.3, 0.4) is 0 Å². The molecule has 40 heavy (non-hydrogen) atoms. The van der Waals surface area contributed by atoms with E-state index in [0.717, 1.165) is 12.3 Å². The highest BCUT2D eigenvalue weighted by molar-refractivity contribution is 7.90. The third-order valence-corrected chi connectivity index (χ3v) is 8.45. The largest absolute Gasteiger partial charge is 0.418 e. The van der Waals surface area contributed by atoms with Gasteiger partial charge in [0.25, 0.3) is 10.0 Å². The minimum absolute atomic E-state index is 0.123. The zero-order valence-electron chi connectivity index (χ0n) is 20.6. The highest BCUT2D eigenvalue weighted by Gasteiger charge is 2.33. The fourth-order valence-corrected chi connectivity index (χ4v) is 6.37. The Morgan fingerprint density at radius 1 is 0.800 bits per heavy atom. The number of pyridine rings is 1. The summed E-state index contributed by atoms with van der Waals surface area (Å²) in [5.41, 5.74) is 1.54. The van der Waals surface area contributed by atoms with E-state index in [-0.39, 0.29) is 21.4 Å². The fourth-order valence-electron chi connectivity index (χ4n) is 4.97. The van der Waals surface area contributed by atoms with Gasteiger partial charge in [0.15, 0.2) is 0 Å². The van der Waals surface area contributed by atoms with E-state index in [2.05, 4.69) is 4.98 Å². The second-order valence-electron chi connectivity index (χ2n) is 9.11. The van der Waals surface area contributed by atoms with Gasteiger partial charge < -0.3 is 0 Å². The summed E-state index contributed by atoms with van der Waals surface area (Å²) < 4.78 is 69.5. The van der Waals surface area contributed by atoms with E-state index in [1.807, 2.05) is 12.1 Å². The van der Waals surface area contributed by atoms with Gasteiger partial charge in [0.1, 0.15) is 6.07 Å². The molecule has 0 aliphatic heterocycles. The molecule has 2 aromatic heterocycles. The summed E-state index contributed by atoms with van der Waals surface area (Å²) in [5.74, 6) is 0. The van der Waals surface area contributed by atoms with Crippen molar-refractivity contribution in [2.24, 2.45) is 0 Å². The van der Waals surface area contributed by atoms with Gasteiger partial charge in [0.2, 0.25) is 0 Å². The molecule has 0 aliphatic rings. The SMILES string of the molecule is N#Cc1cnc2c(C(F)(F)F)cccc2c1-c1cccc(-c2cn(S(=O)(=O)c3ccccc3)c3ccccc23)c1. The highest BCUT2D eigenvalue weighted by Crippen LogP contribution is 2.40. The number of nitriles is 1. The predicted octanol–water partition coefficient (Wildman–Crippen LogP) is 7.65. The Kier molecular flexibility index (Phi) is 5.93. The van der Waals surface area contributed by atoms with Crippen LogP contribution in [-0.4, -0.2) is 17.4 Å². The summed E-state index contributed by atoms with van der Waals surface area (Å²) in [7, 11) is -3.91. The van der Waals surface area contributed by atoms with Gasteiger partial charge in [-0.3, -0.25) is 4.98 Å². The first kappa shape index (κ1) is 25.3. The molecule has 6 rings (SSSR count). The van der Waals surface area contributed by atoms with Gasteiger partial charge in [-0.05, 0) is 41.5 Å². The summed E-state index contributed by atoms with van der Waals surface area (Å²) in [5, 5.41) is 10.7. The topological polar surface area (TPSA) is 75.8 Å². The Labute approximate surface area is 227 Å². The van der Waals surface area contributed by atoms with E-state index in [4.69, 9.17) is 0 Å². The van der Waals surface area contributed by atoms with Crippen molar-refractivity contribution in [3.05, 3.63) is 121 Å². The molecular formula is C31H18F3N3O2S. The fraction of sp³-hybridized carbons (Fsp3) is 0.0323. The van der Waals surface area contributed by atoms with Crippen molar-refractivity contribution in [1.82, 2.24) is 8.96 Å². The van der Waals surface area contributed by atoms with E-state index in [1.54, 1.807) is 66.9 Å². The second-order valence-corrected chi connectivity index (χ2v) is 10.9. The number of aromatic nitrogens is 2. The number of fused-ring (bicyclic) bond motifs is 2. The van der Waals surface area contributed by atoms with Crippen molar-refractivity contribution in [1.29, 1.82) is 5.26 Å². The van der Waals surface area contributed by atoms with Crippen LogP contribution >= 0.6 is 0 Å². The molecule has 0 N–H and O–H groups in total. The second kappa shape index (κ2) is 9.36. The zero-order chi connectivity index (χ0) is 28.1. The third-order valence-electron chi connectivity index (χ3n) is 6.76. The van der Waals surface area contributed by atoms with Crippen LogP contribution in [0.5, 0.6) is 0 Å². The first-order valence-corrected chi connectivity index (χ1v) is 13.5. The van der Waals surface area contributed by atoms with E-state index in [9.17, 15) is 26.9 Å². The Balaban J connectivity index is 1.58. The number of para-hydroxylation sites is 2. The number of hydrogen-bond donors (Lipinski definition) is 0. The smallest absolute Gasteiger partial charge is 0.254 e. The average Bonchev–Trinajstić information content (AvgIpc) is 3.37. The molecule has 6 aromatic rings. The van der Waals surface area contributed by atoms with Crippen LogP contribution in [0.2, 0.25) is 0 Å². The summed E-state index contributed by atoms with van der Waals surface area (Å²) in [6.45, 7) is 0. The van der Waals surface area contributed by atoms with Crippen LogP contribution in [0.25, 0.3) is 44.1 Å². The maximum Gasteiger partial charge on any atom is 0.418 e. The molecule has 0 unspecified atom stereocenters. The molecule has 0 spiro atoms. The lowest BCUT2D eigenvalue weighted by Gasteiger charge is -2.14. The monoisotopic (exact) mass is 553 g/mol. The van der Waals surface area contributed by atoms with Gasteiger partial charge in [0, 0.05) is 34.3 Å². The van der Waals surface area contributed by atoms with Crippen LogP contribution < -0.4 is 0 Å². The molecule has 196 valence electrons. The first-order chi connectivity index (χ1) is 19.2. The van der Waals surface area contributed by atoms with Crippen LogP contribution in [-0.2, 0) is 16.2 Å². The molecule has 9 heteroatoms. The van der Waals surface area contributed by atoms with Crippen molar-refractivity contribution in [3.8, 4) is 28.3 Å². The summed E-state index contributed by atoms with van der Waals surface area (Å²) in [6, 6.07) is 28.0. The normalized spacial score (nSPS) is 12.1. The summed E-state index contributed by atoms with van der Waals surface area (Å²) in [6.07, 6.45) is -1.92. The molecule has 0 amide bonds. The molecule has 0 fully saturated rings. The van der Waals surface area contributed by atoms with E-state index in [0.29, 0.717) is 33.2 Å². The molecule has 5 nitrogen and oxygen atoms in total. The van der Waals surface area contributed by atoms with Crippen LogP contribution in [0.15, 0.2) is 114 Å². The standard InChI is InChI=1S/C31H18F3N3O2S/c32-31(33,34)27-14-7-13-25-29(22(17-35)18-36-30(25)27)21-9-6-8-20(16-21)26-19-37(28-15-5-4-12-24(26)28)40(38,39)23-10-2-1-3-11-23/h1-16,18-19H. The van der Waals surface area contributed by atoms with Gasteiger partial charge in [-0.1, -0.05) is 66.7 Å². The molecular weight excluding hydrogens is 535 g/mol. The van der Waals surface area contributed by atoms with Gasteiger partial charge in [-0.15, -0.1) is 0 Å². The molecule has 0 bridgehead atoms. The molecule has 0 saturated carbocycles. The van der Waals surface area contributed by atoms with E-state index < -0.39 is 21.8 Å². The van der Waals surface area contributed by atoms with Gasteiger partial charge in [0.05, 0.1) is 27.1 Å². The Morgan fingerprint density at radius 2 is 1.48 bits per heavy atom. The number of alkyl halides is 3. The van der Waals surface area contributed by atoms with Crippen LogP contribution in [0.4, 0.5) is 13.2 Å².